The van der Waals surface area contributed by atoms with Gasteiger partial charge >= 0.3 is 0 Å². The fourth-order valence-corrected chi connectivity index (χ4v) is 2.13. The molecule has 0 aliphatic rings. The number of benzene rings is 1. The van der Waals surface area contributed by atoms with Crippen LogP contribution < -0.4 is 0 Å². The van der Waals surface area contributed by atoms with Crippen LogP contribution in [-0.2, 0) is 0 Å². The molecule has 0 N–H and O–H groups in total. The van der Waals surface area contributed by atoms with Crippen LogP contribution in [0.15, 0.2) is 48.8 Å². The molecule has 5 heteroatoms. The number of non-ortho nitro benzene ring substituents is 1. The summed E-state index contributed by atoms with van der Waals surface area (Å²) in [5.41, 5.74) is 2.63. The van der Waals surface area contributed by atoms with E-state index in [-0.39, 0.29) is 10.6 Å². The molecule has 0 saturated carbocycles. The molecule has 1 aromatic carbocycles. The van der Waals surface area contributed by atoms with E-state index in [0.717, 1.165) is 22.3 Å². The van der Waals surface area contributed by atoms with Crippen molar-refractivity contribution in [2.45, 2.75) is 6.92 Å². The number of nitro benzene ring substituents is 1. The minimum atomic E-state index is -0.387. The van der Waals surface area contributed by atoms with Gasteiger partial charge in [0, 0.05) is 29.9 Å². The van der Waals surface area contributed by atoms with Gasteiger partial charge in [0.15, 0.2) is 0 Å². The topological polar surface area (TPSA) is 61.0 Å². The average molecular weight is 253 g/mol. The van der Waals surface area contributed by atoms with Gasteiger partial charge in [-0.15, -0.1) is 0 Å². The summed E-state index contributed by atoms with van der Waals surface area (Å²) in [5.74, 6) is 0. The predicted octanol–water partition coefficient (Wildman–Crippen LogP) is 3.24. The Hall–Kier alpha value is -2.69. The second-order valence-corrected chi connectivity index (χ2v) is 4.33. The zero-order valence-corrected chi connectivity index (χ0v) is 10.3. The summed E-state index contributed by atoms with van der Waals surface area (Å²) in [4.78, 5) is 14.8. The van der Waals surface area contributed by atoms with Gasteiger partial charge in [0.1, 0.15) is 5.65 Å². The molecule has 0 atom stereocenters. The fourth-order valence-electron chi connectivity index (χ4n) is 2.13. The molecule has 0 bridgehead atoms. The standard InChI is InChI=1S/C14H11N3O2/c1-10-4-5-12(17(18)19)9-13(10)16-8-6-11-3-2-7-15-14(11)16/h2-9H,1H3. The molecule has 2 aromatic heterocycles. The number of nitrogens with zero attached hydrogens (tertiary/aromatic N) is 3. The summed E-state index contributed by atoms with van der Waals surface area (Å²) in [6.45, 7) is 1.92. The number of pyridine rings is 1. The smallest absolute Gasteiger partial charge is 0.271 e. The van der Waals surface area contributed by atoms with E-state index in [0.29, 0.717) is 0 Å². The number of hydrogen-bond acceptors (Lipinski definition) is 3. The summed E-state index contributed by atoms with van der Waals surface area (Å²) in [6.07, 6.45) is 3.59. The van der Waals surface area contributed by atoms with E-state index in [2.05, 4.69) is 4.98 Å². The second kappa shape index (κ2) is 4.20. The molecule has 19 heavy (non-hydrogen) atoms. The Morgan fingerprint density at radius 3 is 2.89 bits per heavy atom. The Morgan fingerprint density at radius 1 is 1.26 bits per heavy atom. The van der Waals surface area contributed by atoms with Gasteiger partial charge in [-0.3, -0.25) is 10.1 Å². The number of nitro groups is 1. The van der Waals surface area contributed by atoms with Gasteiger partial charge in [-0.1, -0.05) is 6.07 Å². The molecule has 94 valence electrons. The highest BCUT2D eigenvalue weighted by molar-refractivity contribution is 5.78. The van der Waals surface area contributed by atoms with Crippen LogP contribution in [0.3, 0.4) is 0 Å². The van der Waals surface area contributed by atoms with Crippen molar-refractivity contribution in [3.8, 4) is 5.69 Å². The monoisotopic (exact) mass is 253 g/mol. The van der Waals surface area contributed by atoms with Crippen LogP contribution in [0, 0.1) is 17.0 Å². The number of aromatic nitrogens is 2. The fraction of sp³-hybridized carbons (Fsp3) is 0.0714. The minimum Gasteiger partial charge on any atom is -0.301 e. The number of aryl methyl sites for hydroxylation is 1. The van der Waals surface area contributed by atoms with Crippen molar-refractivity contribution in [1.82, 2.24) is 9.55 Å². The zero-order chi connectivity index (χ0) is 13.4. The van der Waals surface area contributed by atoms with Crippen molar-refractivity contribution in [3.63, 3.8) is 0 Å². The summed E-state index contributed by atoms with van der Waals surface area (Å²) < 4.78 is 1.87. The van der Waals surface area contributed by atoms with Crippen LogP contribution in [0.25, 0.3) is 16.7 Å². The first-order valence-electron chi connectivity index (χ1n) is 5.84. The van der Waals surface area contributed by atoms with Gasteiger partial charge in [0.05, 0.1) is 10.6 Å². The molecule has 2 heterocycles. The Bertz CT molecular complexity index is 777. The number of fused-ring (bicyclic) bond motifs is 1. The largest absolute Gasteiger partial charge is 0.301 e. The highest BCUT2D eigenvalue weighted by Crippen LogP contribution is 2.24. The van der Waals surface area contributed by atoms with Gasteiger partial charge in [-0.25, -0.2) is 4.98 Å². The molecule has 0 radical (unpaired) electrons. The van der Waals surface area contributed by atoms with Crippen LogP contribution >= 0.6 is 0 Å². The van der Waals surface area contributed by atoms with Crippen LogP contribution in [0.5, 0.6) is 0 Å². The first kappa shape index (κ1) is 11.4. The first-order chi connectivity index (χ1) is 9.16. The van der Waals surface area contributed by atoms with Gasteiger partial charge in [0.2, 0.25) is 0 Å². The van der Waals surface area contributed by atoms with E-state index in [4.69, 9.17) is 0 Å². The third-order valence-corrected chi connectivity index (χ3v) is 3.11. The molecular weight excluding hydrogens is 242 g/mol. The number of hydrogen-bond donors (Lipinski definition) is 0. The zero-order valence-electron chi connectivity index (χ0n) is 10.3. The molecule has 0 aliphatic carbocycles. The Kier molecular flexibility index (Phi) is 2.52. The molecule has 0 fully saturated rings. The van der Waals surface area contributed by atoms with Crippen molar-refractivity contribution in [3.05, 3.63) is 64.5 Å². The highest BCUT2D eigenvalue weighted by Gasteiger charge is 2.12. The van der Waals surface area contributed by atoms with Crippen LogP contribution in [0.1, 0.15) is 5.56 Å². The second-order valence-electron chi connectivity index (χ2n) is 4.33. The van der Waals surface area contributed by atoms with E-state index in [1.165, 1.54) is 6.07 Å². The summed E-state index contributed by atoms with van der Waals surface area (Å²) >= 11 is 0. The lowest BCUT2D eigenvalue weighted by atomic mass is 10.2. The molecule has 0 aliphatic heterocycles. The highest BCUT2D eigenvalue weighted by atomic mass is 16.6. The van der Waals surface area contributed by atoms with Crippen LogP contribution in [0.2, 0.25) is 0 Å². The van der Waals surface area contributed by atoms with Gasteiger partial charge in [-0.05, 0) is 30.7 Å². The van der Waals surface area contributed by atoms with Gasteiger partial charge in [0.25, 0.3) is 5.69 Å². The quantitative estimate of drug-likeness (QED) is 0.520. The van der Waals surface area contributed by atoms with E-state index in [9.17, 15) is 10.1 Å². The maximum atomic E-state index is 10.9. The third kappa shape index (κ3) is 1.85. The van der Waals surface area contributed by atoms with E-state index in [1.54, 1.807) is 18.3 Å². The van der Waals surface area contributed by atoms with Crippen LogP contribution in [-0.4, -0.2) is 14.5 Å². The van der Waals surface area contributed by atoms with Crippen molar-refractivity contribution < 1.29 is 4.92 Å². The van der Waals surface area contributed by atoms with Crippen molar-refractivity contribution in [2.75, 3.05) is 0 Å². The van der Waals surface area contributed by atoms with Crippen molar-refractivity contribution >= 4 is 16.7 Å². The maximum absolute atomic E-state index is 10.9. The molecule has 0 unspecified atom stereocenters. The molecule has 0 spiro atoms. The molecule has 0 amide bonds. The lowest BCUT2D eigenvalue weighted by Crippen LogP contribution is -1.98. The normalized spacial score (nSPS) is 10.8. The SMILES string of the molecule is Cc1ccc([N+](=O)[O-])cc1-n1ccc2cccnc21. The Morgan fingerprint density at radius 2 is 2.11 bits per heavy atom. The maximum Gasteiger partial charge on any atom is 0.271 e. The van der Waals surface area contributed by atoms with Crippen LogP contribution in [0.4, 0.5) is 5.69 Å². The first-order valence-corrected chi connectivity index (χ1v) is 5.84. The molecule has 3 rings (SSSR count). The van der Waals surface area contributed by atoms with Crippen molar-refractivity contribution in [2.24, 2.45) is 0 Å². The lowest BCUT2D eigenvalue weighted by Gasteiger charge is -2.08. The Labute approximate surface area is 109 Å². The lowest BCUT2D eigenvalue weighted by molar-refractivity contribution is -0.384. The van der Waals surface area contributed by atoms with E-state index >= 15 is 0 Å². The summed E-state index contributed by atoms with van der Waals surface area (Å²) in [7, 11) is 0. The van der Waals surface area contributed by atoms with E-state index < -0.39 is 0 Å². The summed E-state index contributed by atoms with van der Waals surface area (Å²) in [5, 5.41) is 11.9. The predicted molar refractivity (Wildman–Crippen MR) is 72.5 cm³/mol. The molecule has 3 aromatic rings. The Balaban J connectivity index is 2.26. The van der Waals surface area contributed by atoms with Crippen molar-refractivity contribution in [1.29, 1.82) is 0 Å². The van der Waals surface area contributed by atoms with E-state index in [1.807, 2.05) is 35.9 Å². The van der Waals surface area contributed by atoms with Gasteiger partial charge < -0.3 is 4.57 Å². The molecule has 0 saturated heterocycles. The minimum absolute atomic E-state index is 0.0818. The molecular formula is C14H11N3O2. The number of rotatable bonds is 2. The van der Waals surface area contributed by atoms with Gasteiger partial charge in [-0.2, -0.15) is 0 Å². The average Bonchev–Trinajstić information content (AvgIpc) is 2.83. The molecule has 5 nitrogen and oxygen atoms in total. The third-order valence-electron chi connectivity index (χ3n) is 3.11. The summed E-state index contributed by atoms with van der Waals surface area (Å²) in [6, 6.07) is 10.6.